The molecule has 3 N–H and O–H groups in total. The number of benzene rings is 1. The monoisotopic (exact) mass is 297 g/mol. The van der Waals surface area contributed by atoms with Gasteiger partial charge in [-0.1, -0.05) is 32.0 Å². The number of halogens is 4. The van der Waals surface area contributed by atoms with Crippen molar-refractivity contribution in [3.63, 3.8) is 0 Å². The molecule has 0 saturated carbocycles. The summed E-state index contributed by atoms with van der Waals surface area (Å²) in [5, 5.41) is 9.84. The Kier molecular flexibility index (Phi) is 6.83. The SMILES string of the molecule is CC(C)C[C@H](O)[C@H](N)c1ccccc1C(F)(F)F.Cl. The molecule has 0 unspecified atom stereocenters. The molecule has 0 amide bonds. The summed E-state index contributed by atoms with van der Waals surface area (Å²) in [6, 6.07) is 4.08. The highest BCUT2D eigenvalue weighted by Gasteiger charge is 2.35. The number of hydrogen-bond acceptors (Lipinski definition) is 2. The molecule has 1 rings (SSSR count). The molecule has 2 atom stereocenters. The summed E-state index contributed by atoms with van der Waals surface area (Å²) in [5.74, 6) is 0.170. The Morgan fingerprint density at radius 3 is 2.21 bits per heavy atom. The maximum absolute atomic E-state index is 12.8. The highest BCUT2D eigenvalue weighted by molar-refractivity contribution is 5.85. The van der Waals surface area contributed by atoms with Crippen molar-refractivity contribution in [3.05, 3.63) is 35.4 Å². The summed E-state index contributed by atoms with van der Waals surface area (Å²) in [4.78, 5) is 0. The van der Waals surface area contributed by atoms with Crippen LogP contribution in [0.4, 0.5) is 13.2 Å². The third-order valence-corrected chi connectivity index (χ3v) is 2.75. The fourth-order valence-electron chi connectivity index (χ4n) is 1.88. The van der Waals surface area contributed by atoms with E-state index in [1.807, 2.05) is 13.8 Å². The van der Waals surface area contributed by atoms with Crippen LogP contribution in [0.2, 0.25) is 0 Å². The molecule has 0 aliphatic heterocycles. The minimum absolute atomic E-state index is 0. The second kappa shape index (κ2) is 7.12. The highest BCUT2D eigenvalue weighted by atomic mass is 35.5. The lowest BCUT2D eigenvalue weighted by Gasteiger charge is -2.23. The molecule has 0 heterocycles. The van der Waals surface area contributed by atoms with Gasteiger partial charge in [-0.3, -0.25) is 0 Å². The third kappa shape index (κ3) is 5.01. The van der Waals surface area contributed by atoms with Crippen LogP contribution in [0.1, 0.15) is 37.4 Å². The van der Waals surface area contributed by atoms with Crippen molar-refractivity contribution in [1.29, 1.82) is 0 Å². The van der Waals surface area contributed by atoms with Crippen LogP contribution in [0, 0.1) is 5.92 Å². The minimum Gasteiger partial charge on any atom is -0.391 e. The van der Waals surface area contributed by atoms with Crippen LogP contribution < -0.4 is 5.73 Å². The predicted octanol–water partition coefficient (Wildman–Crippen LogP) is 3.53. The normalized spacial score (nSPS) is 14.9. The Labute approximate surface area is 117 Å². The Hall–Kier alpha value is -0.780. The molecule has 1 aromatic rings. The smallest absolute Gasteiger partial charge is 0.391 e. The molecule has 0 bridgehead atoms. The van der Waals surface area contributed by atoms with E-state index < -0.39 is 23.9 Å². The number of rotatable bonds is 4. The van der Waals surface area contributed by atoms with Gasteiger partial charge in [-0.25, -0.2) is 0 Å². The van der Waals surface area contributed by atoms with Crippen molar-refractivity contribution < 1.29 is 18.3 Å². The lowest BCUT2D eigenvalue weighted by Crippen LogP contribution is -2.29. The summed E-state index contributed by atoms with van der Waals surface area (Å²) in [6.07, 6.45) is -5.06. The van der Waals surface area contributed by atoms with E-state index in [0.717, 1.165) is 6.07 Å². The van der Waals surface area contributed by atoms with Crippen LogP contribution in [0.25, 0.3) is 0 Å². The van der Waals surface area contributed by atoms with Gasteiger partial charge in [-0.2, -0.15) is 13.2 Å². The van der Waals surface area contributed by atoms with E-state index in [2.05, 4.69) is 0 Å². The standard InChI is InChI=1S/C13H18F3NO.ClH/c1-8(2)7-11(18)12(17)9-5-3-4-6-10(9)13(14,15)16;/h3-6,8,11-12,18H,7,17H2,1-2H3;1H/t11-,12+;/m0./s1. The van der Waals surface area contributed by atoms with Crippen LogP contribution in [0.5, 0.6) is 0 Å². The summed E-state index contributed by atoms with van der Waals surface area (Å²) in [7, 11) is 0. The lowest BCUT2D eigenvalue weighted by atomic mass is 9.92. The lowest BCUT2D eigenvalue weighted by molar-refractivity contribution is -0.138. The number of aliphatic hydroxyl groups is 1. The maximum atomic E-state index is 12.8. The van der Waals surface area contributed by atoms with Gasteiger partial charge in [-0.15, -0.1) is 12.4 Å². The molecular weight excluding hydrogens is 279 g/mol. The van der Waals surface area contributed by atoms with E-state index in [9.17, 15) is 18.3 Å². The average Bonchev–Trinajstić information content (AvgIpc) is 2.26. The first-order chi connectivity index (χ1) is 8.23. The van der Waals surface area contributed by atoms with Gasteiger partial charge in [-0.05, 0) is 24.0 Å². The first kappa shape index (κ1) is 18.2. The molecule has 0 radical (unpaired) electrons. The van der Waals surface area contributed by atoms with Crippen LogP contribution in [0.15, 0.2) is 24.3 Å². The maximum Gasteiger partial charge on any atom is 0.416 e. The van der Waals surface area contributed by atoms with Crippen molar-refractivity contribution in [2.75, 3.05) is 0 Å². The molecule has 0 spiro atoms. The van der Waals surface area contributed by atoms with Gasteiger partial charge in [0.05, 0.1) is 17.7 Å². The summed E-state index contributed by atoms with van der Waals surface area (Å²) < 4.78 is 38.4. The van der Waals surface area contributed by atoms with Crippen molar-refractivity contribution in [3.8, 4) is 0 Å². The minimum atomic E-state index is -4.45. The van der Waals surface area contributed by atoms with E-state index in [0.29, 0.717) is 6.42 Å². The van der Waals surface area contributed by atoms with E-state index in [1.54, 1.807) is 0 Å². The number of hydrogen-bond donors (Lipinski definition) is 2. The summed E-state index contributed by atoms with van der Waals surface area (Å²) >= 11 is 0. The van der Waals surface area contributed by atoms with Gasteiger partial charge >= 0.3 is 6.18 Å². The van der Waals surface area contributed by atoms with Crippen LogP contribution >= 0.6 is 12.4 Å². The fraction of sp³-hybridized carbons (Fsp3) is 0.538. The molecule has 1 aromatic carbocycles. The van der Waals surface area contributed by atoms with Gasteiger partial charge in [0.1, 0.15) is 0 Å². The quantitative estimate of drug-likeness (QED) is 0.893. The Balaban J connectivity index is 0.00000324. The average molecular weight is 298 g/mol. The van der Waals surface area contributed by atoms with Crippen molar-refractivity contribution >= 4 is 12.4 Å². The van der Waals surface area contributed by atoms with Crippen LogP contribution in [-0.4, -0.2) is 11.2 Å². The van der Waals surface area contributed by atoms with Gasteiger partial charge in [0.15, 0.2) is 0 Å². The Bertz CT molecular complexity index is 396. The van der Waals surface area contributed by atoms with Gasteiger partial charge in [0, 0.05) is 0 Å². The zero-order valence-electron chi connectivity index (χ0n) is 10.8. The molecule has 2 nitrogen and oxygen atoms in total. The first-order valence-corrected chi connectivity index (χ1v) is 5.83. The fourth-order valence-corrected chi connectivity index (χ4v) is 1.88. The summed E-state index contributed by atoms with van der Waals surface area (Å²) in [6.45, 7) is 3.76. The van der Waals surface area contributed by atoms with Crippen LogP contribution in [-0.2, 0) is 6.18 Å². The van der Waals surface area contributed by atoms with Crippen molar-refractivity contribution in [2.45, 2.75) is 38.6 Å². The number of aliphatic hydroxyl groups excluding tert-OH is 1. The van der Waals surface area contributed by atoms with E-state index in [4.69, 9.17) is 5.73 Å². The third-order valence-electron chi connectivity index (χ3n) is 2.75. The molecule has 19 heavy (non-hydrogen) atoms. The summed E-state index contributed by atoms with van der Waals surface area (Å²) in [5.41, 5.74) is 4.90. The van der Waals surface area contributed by atoms with Crippen molar-refractivity contribution in [2.24, 2.45) is 11.7 Å². The van der Waals surface area contributed by atoms with Gasteiger partial charge in [0.2, 0.25) is 0 Å². The second-order valence-corrected chi connectivity index (χ2v) is 4.81. The molecule has 110 valence electrons. The van der Waals surface area contributed by atoms with Gasteiger partial charge in [0.25, 0.3) is 0 Å². The van der Waals surface area contributed by atoms with Gasteiger partial charge < -0.3 is 10.8 Å². The second-order valence-electron chi connectivity index (χ2n) is 4.81. The highest BCUT2D eigenvalue weighted by Crippen LogP contribution is 2.35. The predicted molar refractivity (Wildman–Crippen MR) is 71.1 cm³/mol. The largest absolute Gasteiger partial charge is 0.416 e. The molecule has 0 saturated heterocycles. The molecule has 0 fully saturated rings. The Morgan fingerprint density at radius 1 is 1.21 bits per heavy atom. The Morgan fingerprint density at radius 2 is 1.74 bits per heavy atom. The van der Waals surface area contributed by atoms with E-state index >= 15 is 0 Å². The van der Waals surface area contributed by atoms with E-state index in [-0.39, 0.29) is 23.9 Å². The zero-order valence-corrected chi connectivity index (χ0v) is 11.6. The molecule has 0 aliphatic carbocycles. The zero-order chi connectivity index (χ0) is 13.9. The molecule has 6 heteroatoms. The topological polar surface area (TPSA) is 46.2 Å². The van der Waals surface area contributed by atoms with E-state index in [1.165, 1.54) is 18.2 Å². The number of nitrogens with two attached hydrogens (primary N) is 1. The molecule has 0 aromatic heterocycles. The van der Waals surface area contributed by atoms with Crippen molar-refractivity contribution in [1.82, 2.24) is 0 Å². The number of alkyl halides is 3. The molecule has 0 aliphatic rings. The first-order valence-electron chi connectivity index (χ1n) is 5.83. The van der Waals surface area contributed by atoms with Crippen LogP contribution in [0.3, 0.4) is 0 Å². The molecular formula is C13H19ClF3NO.